The molecule has 1 aliphatic carbocycles. The summed E-state index contributed by atoms with van der Waals surface area (Å²) in [6.07, 6.45) is 9.82. The summed E-state index contributed by atoms with van der Waals surface area (Å²) in [4.78, 5) is 16.6. The third kappa shape index (κ3) is 6.64. The van der Waals surface area contributed by atoms with Gasteiger partial charge < -0.3 is 20.5 Å². The highest BCUT2D eigenvalue weighted by atomic mass is 16.1. The smallest absolute Gasteiger partial charge is 0.223 e. The Morgan fingerprint density at radius 1 is 1.08 bits per heavy atom. The number of guanidine groups is 1. The largest absolute Gasteiger partial charge is 0.357 e. The maximum absolute atomic E-state index is 12.1. The van der Waals surface area contributed by atoms with Crippen LogP contribution in [0.15, 0.2) is 29.5 Å². The van der Waals surface area contributed by atoms with E-state index in [1.807, 2.05) is 31.5 Å². The number of nitrogens with one attached hydrogen (secondary N) is 3. The Bertz CT molecular complexity index is 492. The van der Waals surface area contributed by atoms with Gasteiger partial charge in [-0.3, -0.25) is 9.79 Å². The SMILES string of the molecule is CCNC(=NCCNC(=O)C1CCCCC1)NCCn1cccc1. The molecule has 0 radical (unpaired) electrons. The highest BCUT2D eigenvalue weighted by Crippen LogP contribution is 2.23. The maximum Gasteiger partial charge on any atom is 0.223 e. The lowest BCUT2D eigenvalue weighted by molar-refractivity contribution is -0.125. The van der Waals surface area contributed by atoms with Gasteiger partial charge in [0, 0.05) is 44.5 Å². The Morgan fingerprint density at radius 2 is 1.83 bits per heavy atom. The minimum absolute atomic E-state index is 0.204. The van der Waals surface area contributed by atoms with Gasteiger partial charge in [-0.2, -0.15) is 0 Å². The zero-order valence-corrected chi connectivity index (χ0v) is 14.8. The third-order valence-electron chi connectivity index (χ3n) is 4.33. The van der Waals surface area contributed by atoms with Gasteiger partial charge in [0.25, 0.3) is 0 Å². The van der Waals surface area contributed by atoms with Crippen LogP contribution in [-0.2, 0) is 11.3 Å². The van der Waals surface area contributed by atoms with Crippen LogP contribution in [0.25, 0.3) is 0 Å². The van der Waals surface area contributed by atoms with Crippen LogP contribution in [0.5, 0.6) is 0 Å². The summed E-state index contributed by atoms with van der Waals surface area (Å²) in [5.74, 6) is 1.22. The van der Waals surface area contributed by atoms with Crippen LogP contribution in [0, 0.1) is 5.92 Å². The fraction of sp³-hybridized carbons (Fsp3) is 0.667. The number of hydrogen-bond donors (Lipinski definition) is 3. The zero-order valence-electron chi connectivity index (χ0n) is 14.8. The molecule has 1 heterocycles. The summed E-state index contributed by atoms with van der Waals surface area (Å²) in [6, 6.07) is 4.04. The van der Waals surface area contributed by atoms with E-state index < -0.39 is 0 Å². The van der Waals surface area contributed by atoms with Crippen LogP contribution in [-0.4, -0.2) is 42.6 Å². The summed E-state index contributed by atoms with van der Waals surface area (Å²) in [5, 5.41) is 9.57. The Balaban J connectivity index is 1.65. The molecule has 0 saturated heterocycles. The number of hydrogen-bond acceptors (Lipinski definition) is 2. The molecule has 134 valence electrons. The number of aliphatic imine (C=N–C) groups is 1. The number of nitrogens with zero attached hydrogens (tertiary/aromatic N) is 2. The molecule has 3 N–H and O–H groups in total. The van der Waals surface area contributed by atoms with Crippen LogP contribution in [0.2, 0.25) is 0 Å². The molecule has 0 aliphatic heterocycles. The molecule has 0 unspecified atom stereocenters. The zero-order chi connectivity index (χ0) is 17.0. The molecule has 6 nitrogen and oxygen atoms in total. The molecule has 1 aromatic heterocycles. The van der Waals surface area contributed by atoms with Crippen molar-refractivity contribution < 1.29 is 4.79 Å². The van der Waals surface area contributed by atoms with E-state index in [-0.39, 0.29) is 11.8 Å². The van der Waals surface area contributed by atoms with Gasteiger partial charge in [-0.05, 0) is 31.9 Å². The van der Waals surface area contributed by atoms with Crippen LogP contribution < -0.4 is 16.0 Å². The minimum Gasteiger partial charge on any atom is -0.357 e. The molecule has 1 aromatic rings. The molecular formula is C18H31N5O. The number of aromatic nitrogens is 1. The molecule has 6 heteroatoms. The van der Waals surface area contributed by atoms with Crippen LogP contribution in [0.3, 0.4) is 0 Å². The van der Waals surface area contributed by atoms with Gasteiger partial charge >= 0.3 is 0 Å². The van der Waals surface area contributed by atoms with Crippen molar-refractivity contribution in [3.63, 3.8) is 0 Å². The Morgan fingerprint density at radius 3 is 2.54 bits per heavy atom. The van der Waals surface area contributed by atoms with Crippen LogP contribution in [0.1, 0.15) is 39.0 Å². The number of carbonyl (C=O) groups excluding carboxylic acids is 1. The van der Waals surface area contributed by atoms with Gasteiger partial charge in [-0.25, -0.2) is 0 Å². The number of carbonyl (C=O) groups is 1. The van der Waals surface area contributed by atoms with Crippen molar-refractivity contribution >= 4 is 11.9 Å². The summed E-state index contributed by atoms with van der Waals surface area (Å²) in [6.45, 7) is 5.78. The lowest BCUT2D eigenvalue weighted by Gasteiger charge is -2.20. The molecular weight excluding hydrogens is 302 g/mol. The normalized spacial score (nSPS) is 16.0. The van der Waals surface area contributed by atoms with Crippen LogP contribution >= 0.6 is 0 Å². The molecule has 0 aromatic carbocycles. The molecule has 24 heavy (non-hydrogen) atoms. The summed E-state index contributed by atoms with van der Waals surface area (Å²) < 4.78 is 2.13. The van der Waals surface area contributed by atoms with Crippen molar-refractivity contribution in [1.82, 2.24) is 20.5 Å². The highest BCUT2D eigenvalue weighted by Gasteiger charge is 2.20. The topological polar surface area (TPSA) is 70.4 Å². The molecule has 1 fully saturated rings. The second-order valence-corrected chi connectivity index (χ2v) is 6.23. The van der Waals surface area contributed by atoms with Gasteiger partial charge in [-0.1, -0.05) is 19.3 Å². The van der Waals surface area contributed by atoms with Crippen molar-refractivity contribution in [2.24, 2.45) is 10.9 Å². The fourth-order valence-electron chi connectivity index (χ4n) is 3.02. The van der Waals surface area contributed by atoms with E-state index in [1.165, 1.54) is 19.3 Å². The van der Waals surface area contributed by atoms with Gasteiger partial charge in [0.2, 0.25) is 5.91 Å². The van der Waals surface area contributed by atoms with Gasteiger partial charge in [-0.15, -0.1) is 0 Å². The predicted octanol–water partition coefficient (Wildman–Crippen LogP) is 1.74. The van der Waals surface area contributed by atoms with Crippen molar-refractivity contribution in [3.8, 4) is 0 Å². The fourth-order valence-corrected chi connectivity index (χ4v) is 3.02. The molecule has 1 saturated carbocycles. The highest BCUT2D eigenvalue weighted by molar-refractivity contribution is 5.80. The molecule has 0 spiro atoms. The monoisotopic (exact) mass is 333 g/mol. The third-order valence-corrected chi connectivity index (χ3v) is 4.33. The first-order chi connectivity index (χ1) is 11.8. The lowest BCUT2D eigenvalue weighted by Crippen LogP contribution is -2.39. The molecule has 2 rings (SSSR count). The van der Waals surface area contributed by atoms with Gasteiger partial charge in [0.1, 0.15) is 0 Å². The predicted molar refractivity (Wildman–Crippen MR) is 98.0 cm³/mol. The average Bonchev–Trinajstić information content (AvgIpc) is 3.12. The Kier molecular flexibility index (Phi) is 8.21. The summed E-state index contributed by atoms with van der Waals surface area (Å²) >= 11 is 0. The Hall–Kier alpha value is -1.98. The lowest BCUT2D eigenvalue weighted by atomic mass is 9.89. The molecule has 1 aliphatic rings. The summed E-state index contributed by atoms with van der Waals surface area (Å²) in [7, 11) is 0. The van der Waals surface area contributed by atoms with E-state index in [0.717, 1.165) is 38.4 Å². The van der Waals surface area contributed by atoms with Crippen molar-refractivity contribution in [2.45, 2.75) is 45.6 Å². The average molecular weight is 333 g/mol. The quantitative estimate of drug-likeness (QED) is 0.385. The first kappa shape index (κ1) is 18.4. The molecule has 0 atom stereocenters. The van der Waals surface area contributed by atoms with E-state index in [0.29, 0.717) is 13.1 Å². The standard InChI is InChI=1S/C18H31N5O/c1-2-19-18(22-12-15-23-13-6-7-14-23)21-11-10-20-17(24)16-8-4-3-5-9-16/h6-7,13-14,16H,2-5,8-12,15H2,1H3,(H,20,24)(H2,19,21,22). The van der Waals surface area contributed by atoms with E-state index in [2.05, 4.69) is 25.5 Å². The summed E-state index contributed by atoms with van der Waals surface area (Å²) in [5.41, 5.74) is 0. The van der Waals surface area contributed by atoms with E-state index in [9.17, 15) is 4.79 Å². The first-order valence-electron chi connectivity index (χ1n) is 9.20. The second-order valence-electron chi connectivity index (χ2n) is 6.23. The molecule has 0 bridgehead atoms. The van der Waals surface area contributed by atoms with E-state index in [1.54, 1.807) is 0 Å². The minimum atomic E-state index is 0.204. The second kappa shape index (κ2) is 10.7. The van der Waals surface area contributed by atoms with Crippen molar-refractivity contribution in [2.75, 3.05) is 26.2 Å². The first-order valence-corrected chi connectivity index (χ1v) is 9.20. The molecule has 1 amide bonds. The van der Waals surface area contributed by atoms with Crippen molar-refractivity contribution in [1.29, 1.82) is 0 Å². The van der Waals surface area contributed by atoms with Crippen molar-refractivity contribution in [3.05, 3.63) is 24.5 Å². The number of amides is 1. The van der Waals surface area contributed by atoms with Gasteiger partial charge in [0.05, 0.1) is 6.54 Å². The van der Waals surface area contributed by atoms with Gasteiger partial charge in [0.15, 0.2) is 5.96 Å². The van der Waals surface area contributed by atoms with E-state index >= 15 is 0 Å². The van der Waals surface area contributed by atoms with E-state index in [4.69, 9.17) is 0 Å². The Labute approximate surface area is 145 Å². The number of rotatable bonds is 8. The maximum atomic E-state index is 12.1. The van der Waals surface area contributed by atoms with Crippen LogP contribution in [0.4, 0.5) is 0 Å².